The van der Waals surface area contributed by atoms with Crippen LogP contribution in [-0.4, -0.2) is 34.4 Å². The molecule has 0 saturated carbocycles. The predicted octanol–water partition coefficient (Wildman–Crippen LogP) is 2.10. The lowest BCUT2D eigenvalue weighted by Crippen LogP contribution is -2.09. The molecule has 0 fully saturated rings. The summed E-state index contributed by atoms with van der Waals surface area (Å²) in [6, 6.07) is 5.69. The van der Waals surface area contributed by atoms with E-state index in [1.807, 2.05) is 18.2 Å². The molecule has 1 aromatic heterocycles. The van der Waals surface area contributed by atoms with E-state index in [1.54, 1.807) is 18.9 Å². The van der Waals surface area contributed by atoms with E-state index in [9.17, 15) is 0 Å². The van der Waals surface area contributed by atoms with E-state index in [4.69, 9.17) is 9.47 Å². The lowest BCUT2D eigenvalue weighted by atomic mass is 10.2. The zero-order valence-electron chi connectivity index (χ0n) is 12.7. The maximum atomic E-state index is 5.36. The maximum Gasteiger partial charge on any atom is 0.243 e. The number of aromatic nitrogens is 4. The van der Waals surface area contributed by atoms with E-state index < -0.39 is 0 Å². The van der Waals surface area contributed by atoms with Crippen molar-refractivity contribution in [3.05, 3.63) is 23.8 Å². The van der Waals surface area contributed by atoms with Crippen molar-refractivity contribution in [1.82, 2.24) is 20.2 Å². The van der Waals surface area contributed by atoms with Crippen LogP contribution in [0, 0.1) is 0 Å². The Morgan fingerprint density at radius 2 is 2.10 bits per heavy atom. The Bertz CT molecular complexity index is 570. The Morgan fingerprint density at radius 3 is 2.81 bits per heavy atom. The summed E-state index contributed by atoms with van der Waals surface area (Å²) in [4.78, 5) is 0. The number of aryl methyl sites for hydroxylation is 1. The third-order valence-corrected chi connectivity index (χ3v) is 3.18. The van der Waals surface area contributed by atoms with Gasteiger partial charge >= 0.3 is 0 Å². The van der Waals surface area contributed by atoms with E-state index in [2.05, 4.69) is 27.8 Å². The van der Waals surface area contributed by atoms with E-state index in [0.717, 1.165) is 36.4 Å². The maximum absolute atomic E-state index is 5.36. The van der Waals surface area contributed by atoms with Crippen LogP contribution in [0.15, 0.2) is 18.2 Å². The molecule has 2 aromatic rings. The molecule has 0 bridgehead atoms. The van der Waals surface area contributed by atoms with Crippen LogP contribution in [0.4, 0.5) is 5.95 Å². The Labute approximate surface area is 124 Å². The van der Waals surface area contributed by atoms with E-state index in [1.165, 1.54) is 0 Å². The molecule has 1 N–H and O–H groups in total. The summed E-state index contributed by atoms with van der Waals surface area (Å²) in [6.45, 7) is 3.51. The van der Waals surface area contributed by atoms with Crippen molar-refractivity contribution in [2.45, 2.75) is 32.9 Å². The number of methoxy groups -OCH3 is 2. The lowest BCUT2D eigenvalue weighted by Gasteiger charge is -2.11. The molecule has 0 atom stereocenters. The number of unbranched alkanes of at least 4 members (excludes halogenated alkanes) is 1. The summed E-state index contributed by atoms with van der Waals surface area (Å²) >= 11 is 0. The van der Waals surface area contributed by atoms with Crippen LogP contribution < -0.4 is 14.8 Å². The highest BCUT2D eigenvalue weighted by Crippen LogP contribution is 2.24. The number of tetrazole rings is 1. The summed E-state index contributed by atoms with van der Waals surface area (Å²) in [6.07, 6.45) is 2.14. The van der Waals surface area contributed by atoms with Crippen LogP contribution >= 0.6 is 0 Å². The number of anilines is 1. The van der Waals surface area contributed by atoms with Crippen molar-refractivity contribution in [1.29, 1.82) is 0 Å². The molecule has 0 radical (unpaired) electrons. The minimum Gasteiger partial charge on any atom is -0.497 e. The van der Waals surface area contributed by atoms with Gasteiger partial charge in [0.05, 0.1) is 14.2 Å². The van der Waals surface area contributed by atoms with Crippen LogP contribution in [0.3, 0.4) is 0 Å². The molecular formula is C14H21N5O2. The second-order valence-electron chi connectivity index (χ2n) is 4.61. The fourth-order valence-corrected chi connectivity index (χ4v) is 1.98. The largest absolute Gasteiger partial charge is 0.497 e. The van der Waals surface area contributed by atoms with Gasteiger partial charge in [-0.2, -0.15) is 0 Å². The topological polar surface area (TPSA) is 74.1 Å². The lowest BCUT2D eigenvalue weighted by molar-refractivity contribution is 0.399. The van der Waals surface area contributed by atoms with Gasteiger partial charge in [0.15, 0.2) is 0 Å². The van der Waals surface area contributed by atoms with Crippen LogP contribution in [0.5, 0.6) is 11.5 Å². The second-order valence-corrected chi connectivity index (χ2v) is 4.61. The van der Waals surface area contributed by atoms with Gasteiger partial charge in [0.25, 0.3) is 0 Å². The molecule has 0 saturated heterocycles. The Kier molecular flexibility index (Phi) is 5.36. The minimum absolute atomic E-state index is 0.562. The van der Waals surface area contributed by atoms with Gasteiger partial charge in [-0.25, -0.2) is 4.68 Å². The van der Waals surface area contributed by atoms with Crippen LogP contribution in [-0.2, 0) is 13.1 Å². The summed E-state index contributed by atoms with van der Waals surface area (Å²) in [5.74, 6) is 2.25. The van der Waals surface area contributed by atoms with Gasteiger partial charge in [0, 0.05) is 18.7 Å². The Morgan fingerprint density at radius 1 is 1.24 bits per heavy atom. The van der Waals surface area contributed by atoms with Gasteiger partial charge in [0.1, 0.15) is 11.5 Å². The third-order valence-electron chi connectivity index (χ3n) is 3.18. The van der Waals surface area contributed by atoms with Crippen molar-refractivity contribution in [3.8, 4) is 11.5 Å². The number of hydrogen-bond donors (Lipinski definition) is 1. The van der Waals surface area contributed by atoms with Gasteiger partial charge in [-0.3, -0.25) is 0 Å². The first kappa shape index (κ1) is 15.1. The molecule has 1 heterocycles. The highest BCUT2D eigenvalue weighted by molar-refractivity contribution is 5.42. The van der Waals surface area contributed by atoms with E-state index in [0.29, 0.717) is 12.5 Å². The molecule has 7 nitrogen and oxygen atoms in total. The molecule has 21 heavy (non-hydrogen) atoms. The minimum atomic E-state index is 0.562. The van der Waals surface area contributed by atoms with Crippen LogP contribution in [0.25, 0.3) is 0 Å². The first-order valence-corrected chi connectivity index (χ1v) is 6.99. The Balaban J connectivity index is 2.07. The second kappa shape index (κ2) is 7.47. The zero-order valence-corrected chi connectivity index (χ0v) is 12.7. The normalized spacial score (nSPS) is 10.4. The molecule has 0 aliphatic rings. The number of benzene rings is 1. The van der Waals surface area contributed by atoms with E-state index >= 15 is 0 Å². The zero-order chi connectivity index (χ0) is 15.1. The molecule has 0 unspecified atom stereocenters. The number of nitrogens with one attached hydrogen (secondary N) is 1. The number of nitrogens with zero attached hydrogens (tertiary/aromatic N) is 4. The molecule has 0 amide bonds. The van der Waals surface area contributed by atoms with Crippen molar-refractivity contribution in [3.63, 3.8) is 0 Å². The van der Waals surface area contributed by atoms with Crippen molar-refractivity contribution in [2.75, 3.05) is 19.5 Å². The molecule has 7 heteroatoms. The quantitative estimate of drug-likeness (QED) is 0.803. The average molecular weight is 291 g/mol. The van der Waals surface area contributed by atoms with Gasteiger partial charge in [-0.05, 0) is 35.0 Å². The van der Waals surface area contributed by atoms with Gasteiger partial charge in [0.2, 0.25) is 5.95 Å². The first-order valence-electron chi connectivity index (χ1n) is 6.99. The SMILES string of the molecule is CCCCn1nnnc1NCc1cc(OC)ccc1OC. The van der Waals surface area contributed by atoms with Gasteiger partial charge < -0.3 is 14.8 Å². The van der Waals surface area contributed by atoms with Crippen molar-refractivity contribution >= 4 is 5.95 Å². The molecular weight excluding hydrogens is 270 g/mol. The monoisotopic (exact) mass is 291 g/mol. The molecule has 1 aromatic carbocycles. The predicted molar refractivity (Wildman–Crippen MR) is 79.6 cm³/mol. The fraction of sp³-hybridized carbons (Fsp3) is 0.500. The third kappa shape index (κ3) is 3.84. The molecule has 0 aliphatic heterocycles. The van der Waals surface area contributed by atoms with Crippen LogP contribution in [0.1, 0.15) is 25.3 Å². The highest BCUT2D eigenvalue weighted by atomic mass is 16.5. The van der Waals surface area contributed by atoms with Crippen molar-refractivity contribution in [2.24, 2.45) is 0 Å². The van der Waals surface area contributed by atoms with Gasteiger partial charge in [-0.1, -0.05) is 18.4 Å². The molecule has 0 aliphatic carbocycles. The average Bonchev–Trinajstić information content (AvgIpc) is 2.97. The highest BCUT2D eigenvalue weighted by Gasteiger charge is 2.08. The molecule has 0 spiro atoms. The molecule has 2 rings (SSSR count). The van der Waals surface area contributed by atoms with Gasteiger partial charge in [-0.15, -0.1) is 0 Å². The van der Waals surface area contributed by atoms with Crippen molar-refractivity contribution < 1.29 is 9.47 Å². The Hall–Kier alpha value is -2.31. The first-order chi connectivity index (χ1) is 10.3. The summed E-state index contributed by atoms with van der Waals surface area (Å²) in [5.41, 5.74) is 0.988. The molecule has 114 valence electrons. The number of ether oxygens (including phenoxy) is 2. The summed E-state index contributed by atoms with van der Waals surface area (Å²) in [7, 11) is 3.29. The smallest absolute Gasteiger partial charge is 0.243 e. The fourth-order valence-electron chi connectivity index (χ4n) is 1.98. The number of hydrogen-bond acceptors (Lipinski definition) is 6. The van der Waals surface area contributed by atoms with E-state index in [-0.39, 0.29) is 0 Å². The number of rotatable bonds is 8. The standard InChI is InChI=1S/C14H21N5O2/c1-4-5-8-19-14(16-17-18-19)15-10-11-9-12(20-2)6-7-13(11)21-3/h6-7,9H,4-5,8,10H2,1-3H3,(H,15,16,18). The summed E-state index contributed by atoms with van der Waals surface area (Å²) in [5, 5.41) is 14.9. The summed E-state index contributed by atoms with van der Waals surface area (Å²) < 4.78 is 12.4. The van der Waals surface area contributed by atoms with Crippen LogP contribution in [0.2, 0.25) is 0 Å².